The molecule has 0 saturated carbocycles. The fraction of sp³-hybridized carbons (Fsp3) is 0.519. The first-order chi connectivity index (χ1) is 16.2. The summed E-state index contributed by atoms with van der Waals surface area (Å²) in [7, 11) is 0. The number of likely N-dealkylation sites (tertiary alicyclic amines) is 1. The van der Waals surface area contributed by atoms with E-state index in [1.165, 1.54) is 5.56 Å². The number of nitrogens with zero attached hydrogens (tertiary/aromatic N) is 4. The van der Waals surface area contributed by atoms with Gasteiger partial charge in [0.05, 0.1) is 0 Å². The lowest BCUT2D eigenvalue weighted by molar-refractivity contribution is -0.134. The van der Waals surface area contributed by atoms with Gasteiger partial charge >= 0.3 is 0 Å². The van der Waals surface area contributed by atoms with Gasteiger partial charge in [0, 0.05) is 71.0 Å². The number of piperazine rings is 1. The molecule has 2 aliphatic heterocycles. The number of hydrogen-bond acceptors (Lipinski definition) is 4. The van der Waals surface area contributed by atoms with Gasteiger partial charge < -0.3 is 9.80 Å². The van der Waals surface area contributed by atoms with Crippen molar-refractivity contribution in [2.75, 3.05) is 39.3 Å². The zero-order valence-electron chi connectivity index (χ0n) is 19.6. The SMILES string of the molecule is O=C(CCC1CCCN(C(=O)CCc2ccncc2)C1)N1CCN(Cc2ccccc2)CC1. The Hall–Kier alpha value is -2.73. The van der Waals surface area contributed by atoms with E-state index in [0.717, 1.165) is 77.1 Å². The minimum atomic E-state index is 0.234. The van der Waals surface area contributed by atoms with Crippen LogP contribution in [0.4, 0.5) is 0 Å². The molecule has 2 aliphatic rings. The van der Waals surface area contributed by atoms with E-state index >= 15 is 0 Å². The Labute approximate surface area is 197 Å². The Morgan fingerprint density at radius 2 is 1.55 bits per heavy atom. The van der Waals surface area contributed by atoms with Gasteiger partial charge in [0.15, 0.2) is 0 Å². The summed E-state index contributed by atoms with van der Waals surface area (Å²) < 4.78 is 0. The summed E-state index contributed by atoms with van der Waals surface area (Å²) >= 11 is 0. The van der Waals surface area contributed by atoms with Crippen molar-refractivity contribution in [2.24, 2.45) is 5.92 Å². The highest BCUT2D eigenvalue weighted by molar-refractivity contribution is 5.77. The summed E-state index contributed by atoms with van der Waals surface area (Å²) in [4.78, 5) is 36.0. The second kappa shape index (κ2) is 11.9. The van der Waals surface area contributed by atoms with Gasteiger partial charge in [-0.3, -0.25) is 19.5 Å². The first-order valence-electron chi connectivity index (χ1n) is 12.4. The average molecular weight is 449 g/mol. The van der Waals surface area contributed by atoms with E-state index in [4.69, 9.17) is 0 Å². The fourth-order valence-electron chi connectivity index (χ4n) is 4.97. The number of hydrogen-bond donors (Lipinski definition) is 0. The molecular formula is C27H36N4O2. The Morgan fingerprint density at radius 3 is 2.30 bits per heavy atom. The van der Waals surface area contributed by atoms with Crippen LogP contribution in [0.1, 0.15) is 43.2 Å². The molecule has 2 amide bonds. The summed E-state index contributed by atoms with van der Waals surface area (Å²) in [5.74, 6) is 0.944. The van der Waals surface area contributed by atoms with Gasteiger partial charge in [0.2, 0.25) is 11.8 Å². The van der Waals surface area contributed by atoms with Gasteiger partial charge in [-0.05, 0) is 54.9 Å². The van der Waals surface area contributed by atoms with E-state index in [1.54, 1.807) is 12.4 Å². The first-order valence-corrected chi connectivity index (χ1v) is 12.4. The van der Waals surface area contributed by atoms with Crippen LogP contribution in [0, 0.1) is 5.92 Å². The van der Waals surface area contributed by atoms with E-state index in [0.29, 0.717) is 18.8 Å². The van der Waals surface area contributed by atoms with Crippen LogP contribution in [0.15, 0.2) is 54.9 Å². The van der Waals surface area contributed by atoms with Crippen LogP contribution in [0.3, 0.4) is 0 Å². The van der Waals surface area contributed by atoms with Crippen LogP contribution in [0.25, 0.3) is 0 Å². The highest BCUT2D eigenvalue weighted by Gasteiger charge is 2.26. The number of benzene rings is 1. The van der Waals surface area contributed by atoms with Crippen LogP contribution in [0.2, 0.25) is 0 Å². The maximum atomic E-state index is 12.8. The van der Waals surface area contributed by atoms with E-state index in [1.807, 2.05) is 28.0 Å². The van der Waals surface area contributed by atoms with E-state index < -0.39 is 0 Å². The zero-order valence-corrected chi connectivity index (χ0v) is 19.6. The Kier molecular flexibility index (Phi) is 8.47. The molecule has 0 bridgehead atoms. The van der Waals surface area contributed by atoms with E-state index in [2.05, 4.69) is 34.1 Å². The number of amides is 2. The van der Waals surface area contributed by atoms with Gasteiger partial charge in [0.25, 0.3) is 0 Å². The van der Waals surface area contributed by atoms with Crippen molar-refractivity contribution in [2.45, 2.75) is 45.1 Å². The van der Waals surface area contributed by atoms with Crippen molar-refractivity contribution in [3.05, 3.63) is 66.0 Å². The number of carbonyl (C=O) groups is 2. The molecule has 0 radical (unpaired) electrons. The van der Waals surface area contributed by atoms with Crippen LogP contribution < -0.4 is 0 Å². The third kappa shape index (κ3) is 7.13. The van der Waals surface area contributed by atoms with Crippen molar-refractivity contribution in [1.82, 2.24) is 19.7 Å². The standard InChI is InChI=1S/C27H36N4O2/c32-26(30-19-17-29(18-20-30)21-24-5-2-1-3-6-24)11-9-25-7-4-16-31(22-25)27(33)10-8-23-12-14-28-15-13-23/h1-3,5-6,12-15,25H,4,7-11,16-22H2. The molecule has 0 aliphatic carbocycles. The number of aryl methyl sites for hydroxylation is 1. The van der Waals surface area contributed by atoms with E-state index in [9.17, 15) is 9.59 Å². The summed E-state index contributed by atoms with van der Waals surface area (Å²) in [6, 6.07) is 14.5. The maximum Gasteiger partial charge on any atom is 0.222 e. The number of pyridine rings is 1. The van der Waals surface area contributed by atoms with Crippen molar-refractivity contribution in [3.8, 4) is 0 Å². The van der Waals surface area contributed by atoms with Crippen molar-refractivity contribution < 1.29 is 9.59 Å². The van der Waals surface area contributed by atoms with Crippen LogP contribution in [-0.4, -0.2) is 70.8 Å². The molecule has 6 heteroatoms. The van der Waals surface area contributed by atoms with Crippen LogP contribution in [0.5, 0.6) is 0 Å². The van der Waals surface area contributed by atoms with Gasteiger partial charge in [-0.15, -0.1) is 0 Å². The Balaban J connectivity index is 1.15. The normalized spacial score (nSPS) is 19.5. The second-order valence-electron chi connectivity index (χ2n) is 9.38. The Morgan fingerprint density at radius 1 is 0.818 bits per heavy atom. The van der Waals surface area contributed by atoms with Crippen LogP contribution >= 0.6 is 0 Å². The molecule has 1 unspecified atom stereocenters. The molecule has 1 aromatic carbocycles. The fourth-order valence-corrected chi connectivity index (χ4v) is 4.97. The molecule has 0 N–H and O–H groups in total. The molecule has 33 heavy (non-hydrogen) atoms. The van der Waals surface area contributed by atoms with Crippen molar-refractivity contribution >= 4 is 11.8 Å². The van der Waals surface area contributed by atoms with Gasteiger partial charge in [-0.1, -0.05) is 30.3 Å². The molecule has 4 rings (SSSR count). The predicted molar refractivity (Wildman–Crippen MR) is 129 cm³/mol. The second-order valence-corrected chi connectivity index (χ2v) is 9.38. The highest BCUT2D eigenvalue weighted by atomic mass is 16.2. The third-order valence-corrected chi connectivity index (χ3v) is 6.99. The zero-order chi connectivity index (χ0) is 22.9. The molecule has 2 aromatic rings. The molecule has 2 fully saturated rings. The summed E-state index contributed by atoms with van der Waals surface area (Å²) in [6.07, 6.45) is 8.50. The van der Waals surface area contributed by atoms with E-state index in [-0.39, 0.29) is 11.8 Å². The number of aromatic nitrogens is 1. The predicted octanol–water partition coefficient (Wildman–Crippen LogP) is 3.38. The molecule has 1 aromatic heterocycles. The molecule has 1 atom stereocenters. The largest absolute Gasteiger partial charge is 0.342 e. The van der Waals surface area contributed by atoms with Crippen LogP contribution in [-0.2, 0) is 22.6 Å². The quantitative estimate of drug-likeness (QED) is 0.621. The summed E-state index contributed by atoms with van der Waals surface area (Å²) in [6.45, 7) is 6.10. The molecule has 0 spiro atoms. The number of rotatable bonds is 8. The smallest absolute Gasteiger partial charge is 0.222 e. The lowest BCUT2D eigenvalue weighted by atomic mass is 9.92. The molecule has 176 valence electrons. The number of piperidine rings is 1. The van der Waals surface area contributed by atoms with Crippen molar-refractivity contribution in [3.63, 3.8) is 0 Å². The van der Waals surface area contributed by atoms with Crippen molar-refractivity contribution in [1.29, 1.82) is 0 Å². The first kappa shape index (κ1) is 23.4. The minimum Gasteiger partial charge on any atom is -0.342 e. The summed E-state index contributed by atoms with van der Waals surface area (Å²) in [5.41, 5.74) is 2.48. The number of carbonyl (C=O) groups excluding carboxylic acids is 2. The van der Waals surface area contributed by atoms with Gasteiger partial charge in [0.1, 0.15) is 0 Å². The maximum absolute atomic E-state index is 12.8. The Bertz CT molecular complexity index is 882. The molecular weight excluding hydrogens is 412 g/mol. The third-order valence-electron chi connectivity index (χ3n) is 6.99. The summed E-state index contributed by atoms with van der Waals surface area (Å²) in [5, 5.41) is 0. The monoisotopic (exact) mass is 448 g/mol. The average Bonchev–Trinajstić information content (AvgIpc) is 2.88. The topological polar surface area (TPSA) is 56.8 Å². The molecule has 2 saturated heterocycles. The van der Waals surface area contributed by atoms with Gasteiger partial charge in [-0.2, -0.15) is 0 Å². The molecule has 6 nitrogen and oxygen atoms in total. The van der Waals surface area contributed by atoms with Gasteiger partial charge in [-0.25, -0.2) is 0 Å². The highest BCUT2D eigenvalue weighted by Crippen LogP contribution is 2.23. The minimum absolute atomic E-state index is 0.234. The lowest BCUT2D eigenvalue weighted by Crippen LogP contribution is -2.48. The lowest BCUT2D eigenvalue weighted by Gasteiger charge is -2.36. The molecule has 3 heterocycles.